The molecule has 0 bridgehead atoms. The molecule has 0 radical (unpaired) electrons. The fraction of sp³-hybridized carbons (Fsp3) is 0.750. The van der Waals surface area contributed by atoms with Crippen LogP contribution < -0.4 is 10.6 Å². The van der Waals surface area contributed by atoms with Crippen molar-refractivity contribution in [1.82, 2.24) is 15.5 Å². The zero-order valence-corrected chi connectivity index (χ0v) is 14.5. The fourth-order valence-electron chi connectivity index (χ4n) is 2.31. The number of guanidine groups is 1. The van der Waals surface area contributed by atoms with Crippen LogP contribution in [-0.2, 0) is 4.74 Å². The molecule has 6 nitrogen and oxygen atoms in total. The second-order valence-corrected chi connectivity index (χ2v) is 6.41. The molecule has 22 heavy (non-hydrogen) atoms. The van der Waals surface area contributed by atoms with Crippen molar-refractivity contribution in [2.24, 2.45) is 4.99 Å². The van der Waals surface area contributed by atoms with Crippen molar-refractivity contribution in [3.05, 3.63) is 12.2 Å². The molecule has 126 valence electrons. The average Bonchev–Trinajstić information content (AvgIpc) is 2.85. The van der Waals surface area contributed by atoms with Gasteiger partial charge in [-0.05, 0) is 40.5 Å². The minimum atomic E-state index is -0.466. The Hall–Kier alpha value is -1.72. The van der Waals surface area contributed by atoms with Crippen molar-refractivity contribution in [2.75, 3.05) is 26.7 Å². The van der Waals surface area contributed by atoms with Gasteiger partial charge in [-0.1, -0.05) is 12.2 Å². The Bertz CT molecular complexity index is 413. The molecule has 1 aliphatic rings. The summed E-state index contributed by atoms with van der Waals surface area (Å²) in [4.78, 5) is 18.3. The van der Waals surface area contributed by atoms with Gasteiger partial charge in [0.15, 0.2) is 5.96 Å². The van der Waals surface area contributed by atoms with Crippen molar-refractivity contribution in [2.45, 2.75) is 52.2 Å². The van der Waals surface area contributed by atoms with Gasteiger partial charge in [0.05, 0.1) is 6.04 Å². The van der Waals surface area contributed by atoms with Crippen LogP contribution in [0.2, 0.25) is 0 Å². The van der Waals surface area contributed by atoms with Gasteiger partial charge in [0, 0.05) is 26.7 Å². The molecule has 0 aromatic heterocycles. The zero-order chi connectivity index (χ0) is 16.6. The summed E-state index contributed by atoms with van der Waals surface area (Å²) in [6.07, 6.45) is 5.69. The lowest BCUT2D eigenvalue weighted by Gasteiger charge is -2.23. The van der Waals surface area contributed by atoms with E-state index in [-0.39, 0.29) is 12.1 Å². The van der Waals surface area contributed by atoms with Crippen molar-refractivity contribution in [1.29, 1.82) is 0 Å². The summed E-state index contributed by atoms with van der Waals surface area (Å²) >= 11 is 0. The van der Waals surface area contributed by atoms with Gasteiger partial charge in [-0.15, -0.1) is 0 Å². The fourth-order valence-corrected chi connectivity index (χ4v) is 2.31. The van der Waals surface area contributed by atoms with Gasteiger partial charge in [-0.2, -0.15) is 0 Å². The van der Waals surface area contributed by atoms with Crippen LogP contribution in [0.4, 0.5) is 4.79 Å². The first-order chi connectivity index (χ1) is 10.4. The quantitative estimate of drug-likeness (QED) is 0.361. The second kappa shape index (κ2) is 8.66. The number of nitrogens with one attached hydrogen (secondary N) is 2. The highest BCUT2D eigenvalue weighted by molar-refractivity contribution is 5.80. The number of carbonyl (C=O) groups is 1. The van der Waals surface area contributed by atoms with E-state index in [1.165, 1.54) is 0 Å². The summed E-state index contributed by atoms with van der Waals surface area (Å²) < 4.78 is 5.29. The van der Waals surface area contributed by atoms with E-state index >= 15 is 0 Å². The molecule has 1 atom stereocenters. The molecule has 6 heteroatoms. The predicted octanol–water partition coefficient (Wildman–Crippen LogP) is 2.13. The number of alkyl carbamates (subject to hydrolysis) is 1. The maximum absolute atomic E-state index is 11.8. The van der Waals surface area contributed by atoms with Gasteiger partial charge in [-0.25, -0.2) is 4.79 Å². The number of aliphatic imine (C=N–C) groups is 1. The number of hydrogen-bond donors (Lipinski definition) is 2. The van der Waals surface area contributed by atoms with Gasteiger partial charge in [-0.3, -0.25) is 4.99 Å². The lowest BCUT2D eigenvalue weighted by atomic mass is 10.2. The van der Waals surface area contributed by atoms with E-state index in [2.05, 4.69) is 26.6 Å². The Labute approximate surface area is 134 Å². The maximum Gasteiger partial charge on any atom is 0.407 e. The Balaban J connectivity index is 2.39. The summed E-state index contributed by atoms with van der Waals surface area (Å²) in [7, 11) is 1.78. The molecule has 1 unspecified atom stereocenters. The lowest BCUT2D eigenvalue weighted by Crippen LogP contribution is -2.44. The maximum atomic E-state index is 11.8. The molecule has 1 heterocycles. The SMILES string of the molecule is CC=CCCNC(=NC)N1CCC(NC(=O)OC(C)(C)C)C1. The standard InChI is InChI=1S/C16H30N4O2/c1-6-7-8-10-18-14(17-5)20-11-9-13(12-20)19-15(21)22-16(2,3)4/h6-7,13H,8-12H2,1-5H3,(H,17,18)(H,19,21). The molecule has 0 aromatic rings. The number of rotatable bonds is 4. The van der Waals surface area contributed by atoms with Gasteiger partial charge in [0.2, 0.25) is 0 Å². The molecular formula is C16H30N4O2. The van der Waals surface area contributed by atoms with E-state index < -0.39 is 5.60 Å². The molecule has 1 aliphatic heterocycles. The van der Waals surface area contributed by atoms with Crippen LogP contribution >= 0.6 is 0 Å². The number of carbonyl (C=O) groups excluding carboxylic acids is 1. The van der Waals surface area contributed by atoms with Crippen molar-refractivity contribution < 1.29 is 9.53 Å². The number of likely N-dealkylation sites (tertiary alicyclic amines) is 1. The first-order valence-electron chi connectivity index (χ1n) is 7.92. The monoisotopic (exact) mass is 310 g/mol. The highest BCUT2D eigenvalue weighted by Crippen LogP contribution is 2.11. The van der Waals surface area contributed by atoms with Crippen molar-refractivity contribution >= 4 is 12.1 Å². The van der Waals surface area contributed by atoms with Crippen LogP contribution in [0.25, 0.3) is 0 Å². The van der Waals surface area contributed by atoms with Gasteiger partial charge in [0.25, 0.3) is 0 Å². The first-order valence-corrected chi connectivity index (χ1v) is 7.92. The minimum Gasteiger partial charge on any atom is -0.444 e. The smallest absolute Gasteiger partial charge is 0.407 e. The van der Waals surface area contributed by atoms with Crippen LogP contribution in [-0.4, -0.2) is 55.3 Å². The molecule has 0 aromatic carbocycles. The Morgan fingerprint density at radius 1 is 1.45 bits per heavy atom. The summed E-state index contributed by atoms with van der Waals surface area (Å²) in [6, 6.07) is 0.101. The number of amides is 1. The molecular weight excluding hydrogens is 280 g/mol. The molecule has 0 aliphatic carbocycles. The molecule has 1 amide bonds. The summed E-state index contributed by atoms with van der Waals surface area (Å²) in [5, 5.41) is 6.26. The van der Waals surface area contributed by atoms with Crippen molar-refractivity contribution in [3.8, 4) is 0 Å². The van der Waals surface area contributed by atoms with Crippen LogP contribution in [0.5, 0.6) is 0 Å². The number of hydrogen-bond acceptors (Lipinski definition) is 3. The summed E-state index contributed by atoms with van der Waals surface area (Å²) in [6.45, 7) is 10.1. The van der Waals surface area contributed by atoms with E-state index in [1.807, 2.05) is 33.8 Å². The van der Waals surface area contributed by atoms with Crippen LogP contribution in [0.1, 0.15) is 40.5 Å². The molecule has 1 rings (SSSR count). The van der Waals surface area contributed by atoms with Crippen LogP contribution in [0.3, 0.4) is 0 Å². The minimum absolute atomic E-state index is 0.101. The third kappa shape index (κ3) is 6.83. The van der Waals surface area contributed by atoms with Gasteiger partial charge in [0.1, 0.15) is 5.60 Å². The molecule has 0 saturated carbocycles. The first kappa shape index (κ1) is 18.3. The lowest BCUT2D eigenvalue weighted by molar-refractivity contribution is 0.0507. The highest BCUT2D eigenvalue weighted by Gasteiger charge is 2.27. The van der Waals surface area contributed by atoms with E-state index in [1.54, 1.807) is 7.05 Å². The normalized spacial score (nSPS) is 19.6. The Morgan fingerprint density at radius 3 is 2.77 bits per heavy atom. The van der Waals surface area contributed by atoms with E-state index in [9.17, 15) is 4.79 Å². The number of allylic oxidation sites excluding steroid dienone is 1. The zero-order valence-electron chi connectivity index (χ0n) is 14.5. The number of nitrogens with zero attached hydrogens (tertiary/aromatic N) is 2. The highest BCUT2D eigenvalue weighted by atomic mass is 16.6. The van der Waals surface area contributed by atoms with Crippen molar-refractivity contribution in [3.63, 3.8) is 0 Å². The molecule has 1 fully saturated rings. The Morgan fingerprint density at radius 2 is 2.18 bits per heavy atom. The third-order valence-corrected chi connectivity index (χ3v) is 3.25. The van der Waals surface area contributed by atoms with E-state index in [0.29, 0.717) is 0 Å². The second-order valence-electron chi connectivity index (χ2n) is 6.41. The van der Waals surface area contributed by atoms with E-state index in [0.717, 1.165) is 38.4 Å². The molecule has 2 N–H and O–H groups in total. The van der Waals surface area contributed by atoms with Crippen LogP contribution in [0, 0.1) is 0 Å². The Kier molecular flexibility index (Phi) is 7.21. The predicted molar refractivity (Wildman–Crippen MR) is 90.1 cm³/mol. The van der Waals surface area contributed by atoms with Gasteiger partial charge >= 0.3 is 6.09 Å². The average molecular weight is 310 g/mol. The third-order valence-electron chi connectivity index (χ3n) is 3.25. The van der Waals surface area contributed by atoms with E-state index in [4.69, 9.17) is 4.74 Å². The topological polar surface area (TPSA) is 66.0 Å². The largest absolute Gasteiger partial charge is 0.444 e. The van der Waals surface area contributed by atoms with Gasteiger partial charge < -0.3 is 20.3 Å². The summed E-state index contributed by atoms with van der Waals surface area (Å²) in [5.41, 5.74) is -0.466. The van der Waals surface area contributed by atoms with Crippen LogP contribution in [0.15, 0.2) is 17.1 Å². The number of ether oxygens (including phenoxy) is 1. The molecule has 0 spiro atoms. The summed E-state index contributed by atoms with van der Waals surface area (Å²) in [5.74, 6) is 0.887. The molecule has 1 saturated heterocycles.